The molecule has 104 valence electrons. The highest BCUT2D eigenvalue weighted by Crippen LogP contribution is 2.21. The molecule has 2 N–H and O–H groups in total. The summed E-state index contributed by atoms with van der Waals surface area (Å²) in [5.74, 6) is -1.01. The van der Waals surface area contributed by atoms with Gasteiger partial charge in [-0.05, 0) is 12.5 Å². The van der Waals surface area contributed by atoms with Crippen LogP contribution in [0.1, 0.15) is 33.5 Å². The summed E-state index contributed by atoms with van der Waals surface area (Å²) in [7, 11) is 1.50. The van der Waals surface area contributed by atoms with Gasteiger partial charge in [-0.2, -0.15) is 0 Å². The zero-order valence-corrected chi connectivity index (χ0v) is 11.1. The van der Waals surface area contributed by atoms with Crippen molar-refractivity contribution in [1.29, 1.82) is 0 Å². The third-order valence-corrected chi connectivity index (χ3v) is 2.92. The SMILES string of the molecule is COC(c1ccccc1)c1nc(C)c(C(=O)O)c(=O)[nH]1. The number of carboxylic acids is 1. The highest BCUT2D eigenvalue weighted by Gasteiger charge is 2.20. The Bertz CT molecular complexity index is 679. The summed E-state index contributed by atoms with van der Waals surface area (Å²) in [5.41, 5.74) is -0.0514. The van der Waals surface area contributed by atoms with Crippen LogP contribution in [-0.2, 0) is 4.74 Å². The van der Waals surface area contributed by atoms with Gasteiger partial charge in [0.1, 0.15) is 17.5 Å². The van der Waals surface area contributed by atoms with Gasteiger partial charge in [0.2, 0.25) is 0 Å². The molecule has 1 aromatic heterocycles. The molecule has 20 heavy (non-hydrogen) atoms. The van der Waals surface area contributed by atoms with Gasteiger partial charge in [-0.3, -0.25) is 4.79 Å². The number of hydrogen-bond acceptors (Lipinski definition) is 4. The number of nitrogens with one attached hydrogen (secondary N) is 1. The first-order valence-electron chi connectivity index (χ1n) is 5.96. The lowest BCUT2D eigenvalue weighted by atomic mass is 10.1. The second kappa shape index (κ2) is 5.66. The van der Waals surface area contributed by atoms with Crippen LogP contribution in [0.15, 0.2) is 35.1 Å². The number of nitrogens with zero attached hydrogens (tertiary/aromatic N) is 1. The minimum atomic E-state index is -1.29. The van der Waals surface area contributed by atoms with E-state index in [-0.39, 0.29) is 17.1 Å². The number of ether oxygens (including phenoxy) is 1. The lowest BCUT2D eigenvalue weighted by molar-refractivity contribution is 0.0692. The molecule has 0 saturated heterocycles. The zero-order chi connectivity index (χ0) is 14.7. The smallest absolute Gasteiger partial charge is 0.343 e. The maximum Gasteiger partial charge on any atom is 0.343 e. The zero-order valence-electron chi connectivity index (χ0n) is 11.1. The number of benzene rings is 1. The van der Waals surface area contributed by atoms with E-state index >= 15 is 0 Å². The van der Waals surface area contributed by atoms with Crippen molar-refractivity contribution in [3.05, 3.63) is 63.3 Å². The van der Waals surface area contributed by atoms with Crippen LogP contribution in [0.3, 0.4) is 0 Å². The molecule has 2 rings (SSSR count). The fraction of sp³-hybridized carbons (Fsp3) is 0.214. The van der Waals surface area contributed by atoms with Crippen molar-refractivity contribution < 1.29 is 14.6 Å². The van der Waals surface area contributed by atoms with Crippen LogP contribution < -0.4 is 5.56 Å². The molecule has 1 aromatic carbocycles. The molecule has 0 spiro atoms. The van der Waals surface area contributed by atoms with Gasteiger partial charge in [0.15, 0.2) is 0 Å². The van der Waals surface area contributed by atoms with E-state index < -0.39 is 17.6 Å². The number of methoxy groups -OCH3 is 1. The van der Waals surface area contributed by atoms with Crippen molar-refractivity contribution in [1.82, 2.24) is 9.97 Å². The number of aryl methyl sites for hydroxylation is 1. The van der Waals surface area contributed by atoms with Gasteiger partial charge in [0, 0.05) is 7.11 Å². The molecule has 0 saturated carbocycles. The Morgan fingerprint density at radius 2 is 2.00 bits per heavy atom. The second-order valence-electron chi connectivity index (χ2n) is 4.24. The monoisotopic (exact) mass is 274 g/mol. The Labute approximate surface area is 115 Å². The summed E-state index contributed by atoms with van der Waals surface area (Å²) >= 11 is 0. The molecule has 0 aliphatic heterocycles. The van der Waals surface area contributed by atoms with Gasteiger partial charge in [-0.25, -0.2) is 9.78 Å². The quantitative estimate of drug-likeness (QED) is 0.881. The minimum Gasteiger partial charge on any atom is -0.477 e. The van der Waals surface area contributed by atoms with Gasteiger partial charge in [-0.15, -0.1) is 0 Å². The first-order chi connectivity index (χ1) is 9.54. The Morgan fingerprint density at radius 1 is 1.35 bits per heavy atom. The summed E-state index contributed by atoms with van der Waals surface area (Å²) < 4.78 is 5.35. The Kier molecular flexibility index (Phi) is 3.95. The second-order valence-corrected chi connectivity index (χ2v) is 4.24. The molecule has 0 radical (unpaired) electrons. The summed E-state index contributed by atoms with van der Waals surface area (Å²) in [6, 6.07) is 9.24. The topological polar surface area (TPSA) is 92.3 Å². The fourth-order valence-electron chi connectivity index (χ4n) is 2.02. The average Bonchev–Trinajstić information content (AvgIpc) is 2.39. The van der Waals surface area contributed by atoms with E-state index in [0.717, 1.165) is 5.56 Å². The van der Waals surface area contributed by atoms with E-state index in [4.69, 9.17) is 9.84 Å². The number of carboxylic acid groups (broad SMARTS) is 1. The molecule has 2 aromatic rings. The summed E-state index contributed by atoms with van der Waals surface area (Å²) in [6.07, 6.45) is -0.551. The first-order valence-corrected chi connectivity index (χ1v) is 5.96. The molecule has 6 heteroatoms. The average molecular weight is 274 g/mol. The van der Waals surface area contributed by atoms with Crippen LogP contribution in [0.25, 0.3) is 0 Å². The third-order valence-electron chi connectivity index (χ3n) is 2.92. The minimum absolute atomic E-state index is 0.161. The van der Waals surface area contributed by atoms with Crippen molar-refractivity contribution in [2.75, 3.05) is 7.11 Å². The normalized spacial score (nSPS) is 12.1. The van der Waals surface area contributed by atoms with E-state index in [1.165, 1.54) is 14.0 Å². The van der Waals surface area contributed by atoms with Crippen LogP contribution in [-0.4, -0.2) is 28.2 Å². The van der Waals surface area contributed by atoms with Crippen LogP contribution in [0, 0.1) is 6.92 Å². The van der Waals surface area contributed by atoms with Crippen molar-refractivity contribution in [3.8, 4) is 0 Å². The Hall–Kier alpha value is -2.47. The maximum atomic E-state index is 11.8. The number of hydrogen-bond donors (Lipinski definition) is 2. The predicted molar refractivity (Wildman–Crippen MR) is 71.8 cm³/mol. The van der Waals surface area contributed by atoms with E-state index in [0.29, 0.717) is 0 Å². The van der Waals surface area contributed by atoms with Gasteiger partial charge in [-0.1, -0.05) is 30.3 Å². The molecule has 0 amide bonds. The maximum absolute atomic E-state index is 11.8. The molecule has 6 nitrogen and oxygen atoms in total. The van der Waals surface area contributed by atoms with Crippen LogP contribution >= 0.6 is 0 Å². The first kappa shape index (κ1) is 14.0. The van der Waals surface area contributed by atoms with E-state index in [2.05, 4.69) is 9.97 Å². The van der Waals surface area contributed by atoms with Crippen molar-refractivity contribution in [2.45, 2.75) is 13.0 Å². The molecule has 0 aliphatic carbocycles. The van der Waals surface area contributed by atoms with Crippen LogP contribution in [0.4, 0.5) is 0 Å². The molecular weight excluding hydrogens is 260 g/mol. The molecule has 1 atom stereocenters. The number of carbonyl (C=O) groups is 1. The highest BCUT2D eigenvalue weighted by atomic mass is 16.5. The Balaban J connectivity index is 2.52. The lowest BCUT2D eigenvalue weighted by Gasteiger charge is -2.15. The number of rotatable bonds is 4. The molecule has 0 fully saturated rings. The fourth-order valence-corrected chi connectivity index (χ4v) is 2.02. The van der Waals surface area contributed by atoms with Gasteiger partial charge in [0.25, 0.3) is 5.56 Å². The molecule has 1 unspecified atom stereocenters. The summed E-state index contributed by atoms with van der Waals surface area (Å²) in [5, 5.41) is 8.96. The van der Waals surface area contributed by atoms with Gasteiger partial charge in [0.05, 0.1) is 5.69 Å². The van der Waals surface area contributed by atoms with E-state index in [1.807, 2.05) is 30.3 Å². The standard InChI is InChI=1S/C14H14N2O4/c1-8-10(14(18)19)13(17)16-12(15-8)11(20-2)9-6-4-3-5-7-9/h3-7,11H,1-2H3,(H,18,19)(H,15,16,17). The van der Waals surface area contributed by atoms with E-state index in [1.54, 1.807) is 0 Å². The van der Waals surface area contributed by atoms with Gasteiger partial charge < -0.3 is 14.8 Å². The lowest BCUT2D eigenvalue weighted by Crippen LogP contribution is -2.24. The molecular formula is C14H14N2O4. The highest BCUT2D eigenvalue weighted by molar-refractivity contribution is 5.88. The summed E-state index contributed by atoms with van der Waals surface area (Å²) in [4.78, 5) is 29.4. The van der Waals surface area contributed by atoms with Gasteiger partial charge >= 0.3 is 5.97 Å². The third kappa shape index (κ3) is 2.60. The van der Waals surface area contributed by atoms with Crippen molar-refractivity contribution in [2.24, 2.45) is 0 Å². The number of aromatic nitrogens is 2. The molecule has 0 aliphatic rings. The molecule has 0 bridgehead atoms. The number of H-pyrrole nitrogens is 1. The largest absolute Gasteiger partial charge is 0.477 e. The number of aromatic carboxylic acids is 1. The summed E-state index contributed by atoms with van der Waals surface area (Å²) in [6.45, 7) is 1.49. The predicted octanol–water partition coefficient (Wildman–Crippen LogP) is 1.51. The van der Waals surface area contributed by atoms with Crippen LogP contribution in [0.2, 0.25) is 0 Å². The van der Waals surface area contributed by atoms with Crippen LogP contribution in [0.5, 0.6) is 0 Å². The number of aromatic amines is 1. The Morgan fingerprint density at radius 3 is 2.50 bits per heavy atom. The van der Waals surface area contributed by atoms with Crippen molar-refractivity contribution in [3.63, 3.8) is 0 Å². The van der Waals surface area contributed by atoms with E-state index in [9.17, 15) is 9.59 Å². The molecule has 1 heterocycles. The van der Waals surface area contributed by atoms with Crippen molar-refractivity contribution >= 4 is 5.97 Å².